The smallest absolute Gasteiger partial charge is 0.0299 e. The first-order chi connectivity index (χ1) is 9.83. The SMILES string of the molecule is Cc1cc(C[CH]Cc2cccnc2)cc2ccccc12. The molecule has 1 aromatic heterocycles. The summed E-state index contributed by atoms with van der Waals surface area (Å²) in [5.41, 5.74) is 4.00. The summed E-state index contributed by atoms with van der Waals surface area (Å²) in [6, 6.07) is 17.3. The summed E-state index contributed by atoms with van der Waals surface area (Å²) in [7, 11) is 0. The van der Waals surface area contributed by atoms with E-state index in [9.17, 15) is 0 Å². The van der Waals surface area contributed by atoms with Crippen molar-refractivity contribution in [3.05, 3.63) is 84.0 Å². The van der Waals surface area contributed by atoms with E-state index in [1.54, 1.807) is 0 Å². The average Bonchev–Trinajstić information content (AvgIpc) is 2.48. The van der Waals surface area contributed by atoms with Crippen LogP contribution in [0.4, 0.5) is 0 Å². The second-order valence-corrected chi connectivity index (χ2v) is 5.19. The van der Waals surface area contributed by atoms with E-state index in [-0.39, 0.29) is 0 Å². The molecule has 1 nitrogen and oxygen atoms in total. The van der Waals surface area contributed by atoms with Crippen LogP contribution in [0.2, 0.25) is 0 Å². The maximum absolute atomic E-state index is 4.15. The fraction of sp³-hybridized carbons (Fsp3) is 0.158. The van der Waals surface area contributed by atoms with Gasteiger partial charge in [0, 0.05) is 12.4 Å². The van der Waals surface area contributed by atoms with Crippen molar-refractivity contribution in [3.8, 4) is 0 Å². The molecule has 20 heavy (non-hydrogen) atoms. The van der Waals surface area contributed by atoms with Gasteiger partial charge in [0.05, 0.1) is 0 Å². The second-order valence-electron chi connectivity index (χ2n) is 5.19. The average molecular weight is 260 g/mol. The van der Waals surface area contributed by atoms with E-state index in [4.69, 9.17) is 0 Å². The third-order valence-electron chi connectivity index (χ3n) is 3.61. The maximum Gasteiger partial charge on any atom is 0.0299 e. The molecule has 0 fully saturated rings. The van der Waals surface area contributed by atoms with E-state index in [1.165, 1.54) is 27.5 Å². The van der Waals surface area contributed by atoms with Crippen molar-refractivity contribution in [3.63, 3.8) is 0 Å². The number of hydrogen-bond acceptors (Lipinski definition) is 1. The molecule has 1 heterocycles. The zero-order valence-electron chi connectivity index (χ0n) is 11.7. The summed E-state index contributed by atoms with van der Waals surface area (Å²) in [6.07, 6.45) is 8.04. The van der Waals surface area contributed by atoms with Crippen LogP contribution in [0.15, 0.2) is 60.9 Å². The van der Waals surface area contributed by atoms with Crippen molar-refractivity contribution >= 4 is 10.8 Å². The number of fused-ring (bicyclic) bond motifs is 1. The molecule has 0 amide bonds. The first-order valence-electron chi connectivity index (χ1n) is 7.02. The lowest BCUT2D eigenvalue weighted by Crippen LogP contribution is -1.93. The summed E-state index contributed by atoms with van der Waals surface area (Å²) in [4.78, 5) is 4.15. The van der Waals surface area contributed by atoms with E-state index in [0.29, 0.717) is 0 Å². The van der Waals surface area contributed by atoms with Gasteiger partial charge in [-0.1, -0.05) is 42.5 Å². The molecule has 1 heteroatoms. The predicted octanol–water partition coefficient (Wildman–Crippen LogP) is 4.53. The van der Waals surface area contributed by atoms with E-state index in [2.05, 4.69) is 60.8 Å². The molecule has 0 saturated carbocycles. The van der Waals surface area contributed by atoms with Crippen LogP contribution in [-0.4, -0.2) is 4.98 Å². The van der Waals surface area contributed by atoms with Crippen molar-refractivity contribution in [2.24, 2.45) is 0 Å². The zero-order chi connectivity index (χ0) is 13.8. The van der Waals surface area contributed by atoms with Crippen molar-refractivity contribution in [2.75, 3.05) is 0 Å². The summed E-state index contributed by atoms with van der Waals surface area (Å²) in [6.45, 7) is 2.19. The van der Waals surface area contributed by atoms with Gasteiger partial charge in [0.2, 0.25) is 0 Å². The summed E-state index contributed by atoms with van der Waals surface area (Å²) in [5, 5.41) is 2.68. The first-order valence-corrected chi connectivity index (χ1v) is 7.02. The molecule has 3 rings (SSSR count). The van der Waals surface area contributed by atoms with Crippen LogP contribution in [0.1, 0.15) is 16.7 Å². The number of benzene rings is 2. The van der Waals surface area contributed by atoms with E-state index >= 15 is 0 Å². The van der Waals surface area contributed by atoms with Crippen LogP contribution in [-0.2, 0) is 12.8 Å². The highest BCUT2D eigenvalue weighted by atomic mass is 14.6. The Hall–Kier alpha value is -2.15. The lowest BCUT2D eigenvalue weighted by atomic mass is 9.98. The van der Waals surface area contributed by atoms with Gasteiger partial charge in [-0.25, -0.2) is 0 Å². The van der Waals surface area contributed by atoms with Gasteiger partial charge in [0.1, 0.15) is 0 Å². The largest absolute Gasteiger partial charge is 0.264 e. The third-order valence-corrected chi connectivity index (χ3v) is 3.61. The number of aryl methyl sites for hydroxylation is 1. The summed E-state index contributed by atoms with van der Waals surface area (Å²) >= 11 is 0. The molecule has 0 aliphatic rings. The van der Waals surface area contributed by atoms with Gasteiger partial charge in [-0.2, -0.15) is 0 Å². The standard InChI is InChI=1S/C19H18N/c1-15-12-17(13-18-9-2-3-10-19(15)18)7-4-6-16-8-5-11-20-14-16/h2-5,8-14H,6-7H2,1H3. The van der Waals surface area contributed by atoms with Crippen molar-refractivity contribution in [1.82, 2.24) is 4.98 Å². The van der Waals surface area contributed by atoms with Crippen molar-refractivity contribution in [1.29, 1.82) is 0 Å². The number of aromatic nitrogens is 1. The lowest BCUT2D eigenvalue weighted by molar-refractivity contribution is 1.02. The third kappa shape index (κ3) is 2.88. The Bertz CT molecular complexity index is 701. The van der Waals surface area contributed by atoms with Crippen LogP contribution in [0, 0.1) is 13.3 Å². The van der Waals surface area contributed by atoms with Gasteiger partial charge in [-0.05, 0) is 59.7 Å². The number of nitrogens with zero attached hydrogens (tertiary/aromatic N) is 1. The monoisotopic (exact) mass is 260 g/mol. The first kappa shape index (κ1) is 12.9. The number of pyridine rings is 1. The number of rotatable bonds is 4. The van der Waals surface area contributed by atoms with Gasteiger partial charge in [0.25, 0.3) is 0 Å². The van der Waals surface area contributed by atoms with Crippen LogP contribution in [0.25, 0.3) is 10.8 Å². The van der Waals surface area contributed by atoms with Crippen molar-refractivity contribution in [2.45, 2.75) is 19.8 Å². The molecule has 0 aliphatic heterocycles. The predicted molar refractivity (Wildman–Crippen MR) is 84.6 cm³/mol. The van der Waals surface area contributed by atoms with Crippen LogP contribution in [0.3, 0.4) is 0 Å². The molecule has 1 radical (unpaired) electrons. The van der Waals surface area contributed by atoms with Crippen LogP contribution >= 0.6 is 0 Å². The highest BCUT2D eigenvalue weighted by Crippen LogP contribution is 2.21. The molecule has 0 unspecified atom stereocenters. The highest BCUT2D eigenvalue weighted by Gasteiger charge is 2.01. The molecule has 0 saturated heterocycles. The molecule has 2 aromatic carbocycles. The molecule has 0 bridgehead atoms. The van der Waals surface area contributed by atoms with Gasteiger partial charge in [0.15, 0.2) is 0 Å². The molecule has 3 aromatic rings. The second kappa shape index (κ2) is 5.87. The summed E-state index contributed by atoms with van der Waals surface area (Å²) in [5.74, 6) is 0. The Labute approximate surface area is 120 Å². The minimum Gasteiger partial charge on any atom is -0.264 e. The normalized spacial score (nSPS) is 10.8. The summed E-state index contributed by atoms with van der Waals surface area (Å²) < 4.78 is 0. The minimum atomic E-state index is 0.972. The van der Waals surface area contributed by atoms with Crippen molar-refractivity contribution < 1.29 is 0 Å². The molecule has 0 spiro atoms. The maximum atomic E-state index is 4.15. The highest BCUT2D eigenvalue weighted by molar-refractivity contribution is 5.86. The van der Waals surface area contributed by atoms with Gasteiger partial charge in [-0.3, -0.25) is 4.98 Å². The Kier molecular flexibility index (Phi) is 3.78. The van der Waals surface area contributed by atoms with E-state index in [0.717, 1.165) is 12.8 Å². The van der Waals surface area contributed by atoms with Gasteiger partial charge in [-0.15, -0.1) is 0 Å². The fourth-order valence-corrected chi connectivity index (χ4v) is 2.62. The molecule has 0 N–H and O–H groups in total. The molecular formula is C19H18N. The van der Waals surface area contributed by atoms with E-state index in [1.807, 2.05) is 18.5 Å². The Morgan fingerprint density at radius 1 is 0.950 bits per heavy atom. The lowest BCUT2D eigenvalue weighted by Gasteiger charge is -2.07. The van der Waals surface area contributed by atoms with Crippen LogP contribution < -0.4 is 0 Å². The van der Waals surface area contributed by atoms with Gasteiger partial charge >= 0.3 is 0 Å². The Morgan fingerprint density at radius 2 is 1.80 bits per heavy atom. The van der Waals surface area contributed by atoms with Crippen LogP contribution in [0.5, 0.6) is 0 Å². The topological polar surface area (TPSA) is 12.9 Å². The zero-order valence-corrected chi connectivity index (χ0v) is 11.7. The fourth-order valence-electron chi connectivity index (χ4n) is 2.62. The molecule has 0 aliphatic carbocycles. The molecular weight excluding hydrogens is 242 g/mol. The van der Waals surface area contributed by atoms with E-state index < -0.39 is 0 Å². The molecule has 0 atom stereocenters. The Balaban J connectivity index is 1.72. The van der Waals surface area contributed by atoms with Gasteiger partial charge < -0.3 is 0 Å². The molecule has 99 valence electrons. The number of hydrogen-bond donors (Lipinski definition) is 0. The quantitative estimate of drug-likeness (QED) is 0.671. The Morgan fingerprint density at radius 3 is 2.65 bits per heavy atom. The minimum absolute atomic E-state index is 0.972.